The minimum absolute atomic E-state index is 0. The average molecular weight is 366 g/mol. The molecule has 0 amide bonds. The summed E-state index contributed by atoms with van der Waals surface area (Å²) in [5.74, 6) is -0.246. The number of nitro groups is 1. The first kappa shape index (κ1) is 19.3. The fraction of sp³-hybridized carbons (Fsp3) is 0.333. The molecule has 0 bridgehead atoms. The molecule has 134 valence electrons. The summed E-state index contributed by atoms with van der Waals surface area (Å²) in [5, 5.41) is 14.5. The predicted octanol–water partition coefficient (Wildman–Crippen LogP) is 3.61. The van der Waals surface area contributed by atoms with Gasteiger partial charge in [0.15, 0.2) is 0 Å². The molecule has 1 unspecified atom stereocenters. The number of benzene rings is 2. The fourth-order valence-corrected chi connectivity index (χ4v) is 3.24. The second kappa shape index (κ2) is 8.38. The predicted molar refractivity (Wildman–Crippen MR) is 97.5 cm³/mol. The summed E-state index contributed by atoms with van der Waals surface area (Å²) in [4.78, 5) is 13.0. The zero-order valence-corrected chi connectivity index (χ0v) is 14.8. The van der Waals surface area contributed by atoms with Crippen LogP contribution in [0.4, 0.5) is 10.1 Å². The van der Waals surface area contributed by atoms with Crippen LogP contribution in [0.1, 0.15) is 22.7 Å². The van der Waals surface area contributed by atoms with Crippen LogP contribution in [0.2, 0.25) is 0 Å². The van der Waals surface area contributed by atoms with Gasteiger partial charge in [0.25, 0.3) is 5.69 Å². The van der Waals surface area contributed by atoms with E-state index in [0.29, 0.717) is 12.1 Å². The molecule has 1 saturated heterocycles. The highest BCUT2D eigenvalue weighted by molar-refractivity contribution is 5.85. The van der Waals surface area contributed by atoms with Gasteiger partial charge in [-0.15, -0.1) is 12.4 Å². The van der Waals surface area contributed by atoms with Crippen LogP contribution in [-0.2, 0) is 6.54 Å². The molecule has 1 aliphatic rings. The second-order valence-electron chi connectivity index (χ2n) is 6.06. The van der Waals surface area contributed by atoms with E-state index in [0.717, 1.165) is 30.8 Å². The molecule has 2 aromatic carbocycles. The van der Waals surface area contributed by atoms with Gasteiger partial charge in [-0.3, -0.25) is 15.0 Å². The SMILES string of the molecule is Cc1c(CN2CCNCC2c2cccc(F)c2)cccc1[N+](=O)[O-].Cl. The summed E-state index contributed by atoms with van der Waals surface area (Å²) in [7, 11) is 0. The van der Waals surface area contributed by atoms with Crippen molar-refractivity contribution in [3.63, 3.8) is 0 Å². The Balaban J connectivity index is 0.00000225. The van der Waals surface area contributed by atoms with E-state index < -0.39 is 0 Å². The normalized spacial score (nSPS) is 17.8. The Morgan fingerprint density at radius 1 is 1.32 bits per heavy atom. The van der Waals surface area contributed by atoms with Crippen molar-refractivity contribution < 1.29 is 9.31 Å². The Hall–Kier alpha value is -2.02. The summed E-state index contributed by atoms with van der Waals surface area (Å²) in [6.07, 6.45) is 0. The van der Waals surface area contributed by atoms with Gasteiger partial charge in [-0.2, -0.15) is 0 Å². The Morgan fingerprint density at radius 3 is 2.80 bits per heavy atom. The lowest BCUT2D eigenvalue weighted by Crippen LogP contribution is -2.45. The van der Waals surface area contributed by atoms with Crippen molar-refractivity contribution >= 4 is 18.1 Å². The van der Waals surface area contributed by atoms with E-state index in [9.17, 15) is 14.5 Å². The Morgan fingerprint density at radius 2 is 2.08 bits per heavy atom. The molecule has 0 radical (unpaired) electrons. The van der Waals surface area contributed by atoms with Crippen LogP contribution in [0.25, 0.3) is 0 Å². The first-order chi connectivity index (χ1) is 11.6. The van der Waals surface area contributed by atoms with Gasteiger partial charge in [0.1, 0.15) is 5.82 Å². The van der Waals surface area contributed by atoms with Crippen LogP contribution in [0, 0.1) is 22.9 Å². The molecule has 1 fully saturated rings. The third kappa shape index (κ3) is 4.34. The van der Waals surface area contributed by atoms with E-state index in [1.54, 1.807) is 25.1 Å². The molecule has 1 N–H and O–H groups in total. The number of hydrogen-bond donors (Lipinski definition) is 1. The number of piperazine rings is 1. The molecule has 25 heavy (non-hydrogen) atoms. The molecule has 0 saturated carbocycles. The van der Waals surface area contributed by atoms with Gasteiger partial charge < -0.3 is 5.32 Å². The summed E-state index contributed by atoms with van der Waals surface area (Å²) in [6.45, 7) is 4.78. The maximum Gasteiger partial charge on any atom is 0.272 e. The van der Waals surface area contributed by atoms with Gasteiger partial charge in [0.2, 0.25) is 0 Å². The molecule has 1 aliphatic heterocycles. The second-order valence-corrected chi connectivity index (χ2v) is 6.06. The third-order valence-electron chi connectivity index (χ3n) is 4.58. The molecule has 2 aromatic rings. The van der Waals surface area contributed by atoms with Crippen molar-refractivity contribution in [2.24, 2.45) is 0 Å². The summed E-state index contributed by atoms with van der Waals surface area (Å²) < 4.78 is 13.6. The molecular weight excluding hydrogens is 345 g/mol. The molecule has 7 heteroatoms. The highest BCUT2D eigenvalue weighted by Crippen LogP contribution is 2.28. The number of halogens is 2. The van der Waals surface area contributed by atoms with Crippen LogP contribution < -0.4 is 5.32 Å². The summed E-state index contributed by atoms with van der Waals surface area (Å²) in [6, 6.07) is 11.9. The van der Waals surface area contributed by atoms with Crippen molar-refractivity contribution in [1.29, 1.82) is 0 Å². The molecule has 0 aromatic heterocycles. The molecule has 1 heterocycles. The van der Waals surface area contributed by atoms with E-state index in [1.807, 2.05) is 12.1 Å². The third-order valence-corrected chi connectivity index (χ3v) is 4.58. The minimum Gasteiger partial charge on any atom is -0.314 e. The smallest absolute Gasteiger partial charge is 0.272 e. The van der Waals surface area contributed by atoms with Crippen LogP contribution in [-0.4, -0.2) is 29.5 Å². The molecular formula is C18H21ClFN3O2. The van der Waals surface area contributed by atoms with E-state index in [1.165, 1.54) is 12.1 Å². The first-order valence-electron chi connectivity index (χ1n) is 7.99. The van der Waals surface area contributed by atoms with Crippen LogP contribution >= 0.6 is 12.4 Å². The fourth-order valence-electron chi connectivity index (χ4n) is 3.24. The monoisotopic (exact) mass is 365 g/mol. The van der Waals surface area contributed by atoms with Crippen molar-refractivity contribution in [1.82, 2.24) is 10.2 Å². The molecule has 0 aliphatic carbocycles. The van der Waals surface area contributed by atoms with Gasteiger partial charge in [-0.25, -0.2) is 4.39 Å². The number of rotatable bonds is 4. The first-order valence-corrected chi connectivity index (χ1v) is 7.99. The van der Waals surface area contributed by atoms with Crippen LogP contribution in [0.3, 0.4) is 0 Å². The van der Waals surface area contributed by atoms with E-state index in [4.69, 9.17) is 0 Å². The quantitative estimate of drug-likeness (QED) is 0.664. The lowest BCUT2D eigenvalue weighted by molar-refractivity contribution is -0.385. The van der Waals surface area contributed by atoms with Crippen LogP contribution in [0.15, 0.2) is 42.5 Å². The standard InChI is InChI=1S/C18H20FN3O2.ClH/c1-13-15(5-3-7-17(13)22(23)24)12-21-9-8-20-11-18(21)14-4-2-6-16(19)10-14;/h2-7,10,18,20H,8-9,11-12H2,1H3;1H. The molecule has 0 spiro atoms. The van der Waals surface area contributed by atoms with Gasteiger partial charge >= 0.3 is 0 Å². The number of hydrogen-bond acceptors (Lipinski definition) is 4. The lowest BCUT2D eigenvalue weighted by atomic mass is 10.0. The zero-order chi connectivity index (χ0) is 17.1. The minimum atomic E-state index is -0.347. The molecule has 5 nitrogen and oxygen atoms in total. The van der Waals surface area contributed by atoms with Crippen molar-refractivity contribution in [2.45, 2.75) is 19.5 Å². The van der Waals surface area contributed by atoms with E-state index in [2.05, 4.69) is 10.2 Å². The zero-order valence-electron chi connectivity index (χ0n) is 13.9. The maximum absolute atomic E-state index is 13.6. The lowest BCUT2D eigenvalue weighted by Gasteiger charge is -2.36. The Labute approximate surface area is 152 Å². The number of nitrogens with one attached hydrogen (secondary N) is 1. The highest BCUT2D eigenvalue weighted by Gasteiger charge is 2.25. The van der Waals surface area contributed by atoms with E-state index in [-0.39, 0.29) is 34.9 Å². The summed E-state index contributed by atoms with van der Waals surface area (Å²) in [5.41, 5.74) is 2.70. The Kier molecular flexibility index (Phi) is 6.47. The van der Waals surface area contributed by atoms with Gasteiger partial charge in [0, 0.05) is 43.9 Å². The topological polar surface area (TPSA) is 58.4 Å². The largest absolute Gasteiger partial charge is 0.314 e. The van der Waals surface area contributed by atoms with Gasteiger partial charge in [0.05, 0.1) is 4.92 Å². The van der Waals surface area contributed by atoms with Crippen molar-refractivity contribution in [3.05, 3.63) is 75.1 Å². The van der Waals surface area contributed by atoms with Crippen LogP contribution in [0.5, 0.6) is 0 Å². The molecule has 3 rings (SSSR count). The maximum atomic E-state index is 13.6. The number of nitrogens with zero attached hydrogens (tertiary/aromatic N) is 2. The average Bonchev–Trinajstić information content (AvgIpc) is 2.57. The van der Waals surface area contributed by atoms with E-state index >= 15 is 0 Å². The van der Waals surface area contributed by atoms with Gasteiger partial charge in [-0.05, 0) is 30.2 Å². The Bertz CT molecular complexity index is 757. The number of nitro benzene ring substituents is 1. The molecule has 1 atom stereocenters. The van der Waals surface area contributed by atoms with Gasteiger partial charge in [-0.1, -0.05) is 24.3 Å². The van der Waals surface area contributed by atoms with Crippen molar-refractivity contribution in [2.75, 3.05) is 19.6 Å². The summed E-state index contributed by atoms with van der Waals surface area (Å²) >= 11 is 0. The highest BCUT2D eigenvalue weighted by atomic mass is 35.5. The van der Waals surface area contributed by atoms with Crippen molar-refractivity contribution in [3.8, 4) is 0 Å².